The maximum Gasteiger partial charge on any atom is 0.165 e. The molecule has 110 valence electrons. The smallest absolute Gasteiger partial charge is 0.165 e. The summed E-state index contributed by atoms with van der Waals surface area (Å²) in [6, 6.07) is 14.3. The highest BCUT2D eigenvalue weighted by molar-refractivity contribution is 7.99. The lowest BCUT2D eigenvalue weighted by Gasteiger charge is -2.17. The van der Waals surface area contributed by atoms with Crippen LogP contribution in [0.5, 0.6) is 11.5 Å². The van der Waals surface area contributed by atoms with Crippen LogP contribution in [0.2, 0.25) is 0 Å². The Bertz CT molecular complexity index is 608. The van der Waals surface area contributed by atoms with E-state index in [0.717, 1.165) is 22.8 Å². The zero-order valence-electron chi connectivity index (χ0n) is 11.8. The highest BCUT2D eigenvalue weighted by atomic mass is 35.5. The van der Waals surface area contributed by atoms with Gasteiger partial charge in [-0.1, -0.05) is 30.3 Å². The van der Waals surface area contributed by atoms with Gasteiger partial charge in [0, 0.05) is 22.1 Å². The molecule has 3 rings (SSSR count). The van der Waals surface area contributed by atoms with Gasteiger partial charge < -0.3 is 9.47 Å². The zero-order chi connectivity index (χ0) is 14.7. The van der Waals surface area contributed by atoms with E-state index in [1.807, 2.05) is 30.0 Å². The number of methoxy groups -OCH3 is 1. The molecular weight excluding hydrogens is 304 g/mol. The van der Waals surface area contributed by atoms with E-state index in [1.54, 1.807) is 7.11 Å². The van der Waals surface area contributed by atoms with Crippen molar-refractivity contribution in [3.63, 3.8) is 0 Å². The zero-order valence-corrected chi connectivity index (χ0v) is 13.4. The fraction of sp³-hybridized carbons (Fsp3) is 0.294. The third-order valence-electron chi connectivity index (χ3n) is 3.65. The number of benzene rings is 2. The number of fused-ring (bicyclic) bond motifs is 1. The molecule has 2 nitrogen and oxygen atoms in total. The van der Waals surface area contributed by atoms with Crippen molar-refractivity contribution in [2.75, 3.05) is 19.5 Å². The molecule has 0 amide bonds. The summed E-state index contributed by atoms with van der Waals surface area (Å²) >= 11 is 7.89. The maximum atomic E-state index is 6.07. The van der Waals surface area contributed by atoms with Crippen molar-refractivity contribution < 1.29 is 9.47 Å². The minimum absolute atomic E-state index is 0.416. The van der Waals surface area contributed by atoms with Crippen LogP contribution in [0.3, 0.4) is 0 Å². The second kappa shape index (κ2) is 6.63. The second-order valence-electron chi connectivity index (χ2n) is 4.94. The Morgan fingerprint density at radius 1 is 1.19 bits per heavy atom. The van der Waals surface area contributed by atoms with E-state index in [0.29, 0.717) is 18.4 Å². The second-order valence-corrected chi connectivity index (χ2v) is 6.27. The van der Waals surface area contributed by atoms with E-state index in [9.17, 15) is 0 Å². The summed E-state index contributed by atoms with van der Waals surface area (Å²) in [5.74, 6) is 3.41. The molecule has 4 heteroatoms. The Hall–Kier alpha value is -1.32. The molecule has 0 saturated heterocycles. The van der Waals surface area contributed by atoms with Crippen molar-refractivity contribution in [3.8, 4) is 11.5 Å². The van der Waals surface area contributed by atoms with Gasteiger partial charge in [0.05, 0.1) is 19.6 Å². The molecule has 21 heavy (non-hydrogen) atoms. The first-order chi connectivity index (χ1) is 10.3. The highest BCUT2D eigenvalue weighted by Gasteiger charge is 2.24. The van der Waals surface area contributed by atoms with Gasteiger partial charge in [-0.15, -0.1) is 23.4 Å². The molecule has 0 aromatic heterocycles. The van der Waals surface area contributed by atoms with E-state index < -0.39 is 0 Å². The number of hydrogen-bond acceptors (Lipinski definition) is 3. The van der Waals surface area contributed by atoms with Crippen LogP contribution in [0.1, 0.15) is 17.0 Å². The fourth-order valence-corrected chi connectivity index (χ4v) is 3.99. The van der Waals surface area contributed by atoms with Gasteiger partial charge in [-0.3, -0.25) is 0 Å². The Kier molecular flexibility index (Phi) is 4.61. The van der Waals surface area contributed by atoms with Crippen LogP contribution < -0.4 is 9.47 Å². The van der Waals surface area contributed by atoms with Crippen LogP contribution in [-0.4, -0.2) is 19.5 Å². The summed E-state index contributed by atoms with van der Waals surface area (Å²) in [6.45, 7) is 0.647. The first-order valence-corrected chi connectivity index (χ1v) is 8.42. The lowest BCUT2D eigenvalue weighted by atomic mass is 10.0. The van der Waals surface area contributed by atoms with Crippen LogP contribution in [0.25, 0.3) is 0 Å². The van der Waals surface area contributed by atoms with Crippen LogP contribution >= 0.6 is 23.4 Å². The minimum Gasteiger partial charge on any atom is -0.493 e. The fourth-order valence-electron chi connectivity index (χ4n) is 2.54. The predicted octanol–water partition coefficient (Wildman–Crippen LogP) is 4.70. The summed E-state index contributed by atoms with van der Waals surface area (Å²) in [6.07, 6.45) is 0. The maximum absolute atomic E-state index is 6.07. The summed E-state index contributed by atoms with van der Waals surface area (Å²) in [5, 5.41) is 0. The number of rotatable bonds is 5. The van der Waals surface area contributed by atoms with Gasteiger partial charge >= 0.3 is 0 Å². The average Bonchev–Trinajstić information content (AvgIpc) is 2.95. The molecule has 1 aliphatic heterocycles. The van der Waals surface area contributed by atoms with Gasteiger partial charge in [0.25, 0.3) is 0 Å². The molecular formula is C17H17ClO2S. The lowest BCUT2D eigenvalue weighted by Crippen LogP contribution is -2.11. The molecule has 0 radical (unpaired) electrons. The van der Waals surface area contributed by atoms with Gasteiger partial charge in [-0.25, -0.2) is 0 Å². The molecule has 1 aliphatic rings. The SMILES string of the molecule is COc1cccc(CCl)c1OCC1CSc2ccccc21. The van der Waals surface area contributed by atoms with E-state index >= 15 is 0 Å². The van der Waals surface area contributed by atoms with Gasteiger partial charge in [0.1, 0.15) is 0 Å². The molecule has 0 spiro atoms. The van der Waals surface area contributed by atoms with Crippen molar-refractivity contribution in [1.82, 2.24) is 0 Å². The van der Waals surface area contributed by atoms with Crippen molar-refractivity contribution in [2.45, 2.75) is 16.7 Å². The Balaban J connectivity index is 1.77. The number of alkyl halides is 1. The molecule has 1 unspecified atom stereocenters. The Labute approximate surface area is 134 Å². The molecule has 0 aliphatic carbocycles. The van der Waals surface area contributed by atoms with Crippen molar-refractivity contribution >= 4 is 23.4 Å². The molecule has 0 bridgehead atoms. The third-order valence-corrected chi connectivity index (χ3v) is 5.19. The monoisotopic (exact) mass is 320 g/mol. The summed E-state index contributed by atoms with van der Waals surface area (Å²) < 4.78 is 11.5. The first kappa shape index (κ1) is 14.6. The Morgan fingerprint density at radius 2 is 2.05 bits per heavy atom. The minimum atomic E-state index is 0.416. The highest BCUT2D eigenvalue weighted by Crippen LogP contribution is 2.40. The molecule has 0 saturated carbocycles. The topological polar surface area (TPSA) is 18.5 Å². The van der Waals surface area contributed by atoms with Crippen molar-refractivity contribution in [1.29, 1.82) is 0 Å². The number of hydrogen-bond donors (Lipinski definition) is 0. The van der Waals surface area contributed by atoms with Crippen LogP contribution in [-0.2, 0) is 5.88 Å². The number of para-hydroxylation sites is 1. The lowest BCUT2D eigenvalue weighted by molar-refractivity contribution is 0.277. The quantitative estimate of drug-likeness (QED) is 0.744. The number of thioether (sulfide) groups is 1. The normalized spacial score (nSPS) is 16.6. The number of halogens is 1. The molecule has 2 aromatic rings. The van der Waals surface area contributed by atoms with E-state index in [4.69, 9.17) is 21.1 Å². The Morgan fingerprint density at radius 3 is 2.86 bits per heavy atom. The molecule has 0 fully saturated rings. The van der Waals surface area contributed by atoms with Gasteiger partial charge in [0.2, 0.25) is 0 Å². The van der Waals surface area contributed by atoms with Crippen LogP contribution in [0.15, 0.2) is 47.4 Å². The van der Waals surface area contributed by atoms with Crippen molar-refractivity contribution in [2.24, 2.45) is 0 Å². The summed E-state index contributed by atoms with van der Waals surface area (Å²) in [7, 11) is 1.65. The van der Waals surface area contributed by atoms with Crippen LogP contribution in [0, 0.1) is 0 Å². The molecule has 1 heterocycles. The molecule has 2 aromatic carbocycles. The summed E-state index contributed by atoms with van der Waals surface area (Å²) in [5.41, 5.74) is 2.35. The standard InChI is InChI=1S/C17H17ClO2S/c1-19-15-7-4-5-12(9-18)17(15)20-10-13-11-21-16-8-3-2-6-14(13)16/h2-8,13H,9-11H2,1H3. The predicted molar refractivity (Wildman–Crippen MR) is 88.0 cm³/mol. The van der Waals surface area contributed by atoms with Crippen molar-refractivity contribution in [3.05, 3.63) is 53.6 Å². The molecule has 1 atom stereocenters. The van der Waals surface area contributed by atoms with Gasteiger partial charge in [-0.2, -0.15) is 0 Å². The largest absolute Gasteiger partial charge is 0.493 e. The first-order valence-electron chi connectivity index (χ1n) is 6.90. The average molecular weight is 321 g/mol. The van der Waals surface area contributed by atoms with Crippen LogP contribution in [0.4, 0.5) is 0 Å². The van der Waals surface area contributed by atoms with Gasteiger partial charge in [-0.05, 0) is 17.7 Å². The van der Waals surface area contributed by atoms with E-state index in [-0.39, 0.29) is 0 Å². The summed E-state index contributed by atoms with van der Waals surface area (Å²) in [4.78, 5) is 1.36. The van der Waals surface area contributed by atoms with Gasteiger partial charge in [0.15, 0.2) is 11.5 Å². The third kappa shape index (κ3) is 2.99. The number of ether oxygens (including phenoxy) is 2. The van der Waals surface area contributed by atoms with E-state index in [1.165, 1.54) is 10.5 Å². The van der Waals surface area contributed by atoms with E-state index in [2.05, 4.69) is 24.3 Å². The molecule has 0 N–H and O–H groups in total.